The number of hydrogen-bond acceptors (Lipinski definition) is 7. The number of azide groups is 1. The zero-order chi connectivity index (χ0) is 18.9. The highest BCUT2D eigenvalue weighted by atomic mass is 16.5. The van der Waals surface area contributed by atoms with Crippen molar-refractivity contribution < 1.29 is 29.2 Å². The van der Waals surface area contributed by atoms with Crippen LogP contribution < -0.4 is 9.47 Å². The Morgan fingerprint density at radius 3 is 2.77 bits per heavy atom. The van der Waals surface area contributed by atoms with Gasteiger partial charge in [0.1, 0.15) is 6.10 Å². The fraction of sp³-hybridized carbons (Fsp3) is 0.562. The quantitative estimate of drug-likeness (QED) is 0.393. The second kappa shape index (κ2) is 9.83. The van der Waals surface area contributed by atoms with Gasteiger partial charge < -0.3 is 29.3 Å². The highest BCUT2D eigenvalue weighted by Gasteiger charge is 2.21. The van der Waals surface area contributed by atoms with E-state index in [9.17, 15) is 15.0 Å². The normalized spacial score (nSPS) is 16.3. The van der Waals surface area contributed by atoms with Crippen LogP contribution in [-0.4, -0.2) is 73.7 Å². The van der Waals surface area contributed by atoms with Gasteiger partial charge in [0.25, 0.3) is 5.91 Å². The molecule has 1 heterocycles. The lowest BCUT2D eigenvalue weighted by Crippen LogP contribution is -2.43. The van der Waals surface area contributed by atoms with Crippen LogP contribution >= 0.6 is 0 Å². The number of morpholine rings is 1. The molecule has 2 unspecified atom stereocenters. The maximum atomic E-state index is 12.1. The first-order chi connectivity index (χ1) is 12.6. The average molecular weight is 366 g/mol. The summed E-state index contributed by atoms with van der Waals surface area (Å²) >= 11 is 0. The van der Waals surface area contributed by atoms with Crippen LogP contribution in [0.15, 0.2) is 23.3 Å². The van der Waals surface area contributed by atoms with E-state index in [1.54, 1.807) is 17.0 Å². The number of benzene rings is 1. The van der Waals surface area contributed by atoms with Crippen LogP contribution in [0.25, 0.3) is 10.4 Å². The van der Waals surface area contributed by atoms with Crippen molar-refractivity contribution >= 4 is 5.91 Å². The van der Waals surface area contributed by atoms with Gasteiger partial charge in [0.15, 0.2) is 18.1 Å². The highest BCUT2D eigenvalue weighted by molar-refractivity contribution is 5.78. The monoisotopic (exact) mass is 366 g/mol. The van der Waals surface area contributed by atoms with Gasteiger partial charge in [0.05, 0.1) is 33.0 Å². The number of carbonyl (C=O) groups is 1. The molecule has 142 valence electrons. The fourth-order valence-corrected chi connectivity index (χ4v) is 2.47. The van der Waals surface area contributed by atoms with E-state index in [2.05, 4.69) is 10.0 Å². The minimum absolute atomic E-state index is 0.141. The zero-order valence-electron chi connectivity index (χ0n) is 14.4. The Balaban J connectivity index is 2.01. The number of ether oxygens (including phenoxy) is 3. The smallest absolute Gasteiger partial charge is 0.260 e. The third-order valence-corrected chi connectivity index (χ3v) is 3.94. The molecule has 0 aromatic heterocycles. The molecule has 1 amide bonds. The van der Waals surface area contributed by atoms with Crippen LogP contribution in [0.3, 0.4) is 0 Å². The first-order valence-corrected chi connectivity index (χ1v) is 8.10. The van der Waals surface area contributed by atoms with Gasteiger partial charge in [0, 0.05) is 18.0 Å². The van der Waals surface area contributed by atoms with E-state index in [4.69, 9.17) is 19.7 Å². The Morgan fingerprint density at radius 2 is 2.12 bits per heavy atom. The third kappa shape index (κ3) is 5.24. The largest absolute Gasteiger partial charge is 0.493 e. The predicted molar refractivity (Wildman–Crippen MR) is 90.9 cm³/mol. The summed E-state index contributed by atoms with van der Waals surface area (Å²) in [6.45, 7) is 1.70. The van der Waals surface area contributed by atoms with Gasteiger partial charge in [0.2, 0.25) is 0 Å². The van der Waals surface area contributed by atoms with Gasteiger partial charge in [-0.2, -0.15) is 0 Å². The van der Waals surface area contributed by atoms with Crippen LogP contribution in [0, 0.1) is 0 Å². The first-order valence-electron chi connectivity index (χ1n) is 8.10. The molecule has 2 atom stereocenters. The van der Waals surface area contributed by atoms with E-state index >= 15 is 0 Å². The Bertz CT molecular complexity index is 658. The van der Waals surface area contributed by atoms with E-state index < -0.39 is 12.2 Å². The van der Waals surface area contributed by atoms with E-state index in [1.165, 1.54) is 13.2 Å². The molecule has 1 fully saturated rings. The number of methoxy groups -OCH3 is 1. The summed E-state index contributed by atoms with van der Waals surface area (Å²) in [5.74, 6) is 0.506. The van der Waals surface area contributed by atoms with Gasteiger partial charge in [-0.3, -0.25) is 4.79 Å². The summed E-state index contributed by atoms with van der Waals surface area (Å²) in [4.78, 5) is 16.3. The molecule has 0 bridgehead atoms. The SMILES string of the molecule is COc1cc(C(O)C(O)CN=[N+]=[N-])ccc1OCC(=O)N1CCOCC1. The molecule has 26 heavy (non-hydrogen) atoms. The zero-order valence-corrected chi connectivity index (χ0v) is 14.4. The summed E-state index contributed by atoms with van der Waals surface area (Å²) in [5.41, 5.74) is 8.65. The Morgan fingerprint density at radius 1 is 1.38 bits per heavy atom. The second-order valence-corrected chi connectivity index (χ2v) is 5.62. The molecular weight excluding hydrogens is 344 g/mol. The third-order valence-electron chi connectivity index (χ3n) is 3.94. The van der Waals surface area contributed by atoms with Gasteiger partial charge in [-0.25, -0.2) is 0 Å². The highest BCUT2D eigenvalue weighted by Crippen LogP contribution is 2.31. The Labute approximate surface area is 150 Å². The standard InChI is InChI=1S/C16H22N4O6/c1-24-14-8-11(16(23)12(21)9-18-19-17)2-3-13(14)26-10-15(22)20-4-6-25-7-5-20/h2-3,8,12,16,21,23H,4-7,9-10H2,1H3. The number of rotatable bonds is 8. The number of carbonyl (C=O) groups excluding carboxylic acids is 1. The van der Waals surface area contributed by atoms with E-state index in [1.807, 2.05) is 0 Å². The molecular formula is C16H22N4O6. The van der Waals surface area contributed by atoms with Crippen molar-refractivity contribution in [2.24, 2.45) is 5.11 Å². The van der Waals surface area contributed by atoms with Crippen LogP contribution in [0.1, 0.15) is 11.7 Å². The molecule has 1 saturated heterocycles. The van der Waals surface area contributed by atoms with Crippen molar-refractivity contribution in [2.45, 2.75) is 12.2 Å². The molecule has 1 aromatic carbocycles. The molecule has 1 aliphatic rings. The summed E-state index contributed by atoms with van der Waals surface area (Å²) in [6, 6.07) is 4.59. The molecule has 1 aromatic rings. The maximum Gasteiger partial charge on any atom is 0.260 e. The molecule has 2 N–H and O–H groups in total. The minimum Gasteiger partial charge on any atom is -0.493 e. The van der Waals surface area contributed by atoms with Crippen molar-refractivity contribution in [3.8, 4) is 11.5 Å². The summed E-state index contributed by atoms with van der Waals surface area (Å²) in [6.07, 6.45) is -2.50. The second-order valence-electron chi connectivity index (χ2n) is 5.62. The average Bonchev–Trinajstić information content (AvgIpc) is 2.70. The van der Waals surface area contributed by atoms with Crippen molar-refractivity contribution in [3.05, 3.63) is 34.2 Å². The number of aliphatic hydroxyl groups is 2. The maximum absolute atomic E-state index is 12.1. The lowest BCUT2D eigenvalue weighted by Gasteiger charge is -2.26. The molecule has 0 radical (unpaired) electrons. The fourth-order valence-electron chi connectivity index (χ4n) is 2.47. The number of aliphatic hydroxyl groups excluding tert-OH is 2. The molecule has 0 spiro atoms. The van der Waals surface area contributed by atoms with Crippen LogP contribution in [0.4, 0.5) is 0 Å². The van der Waals surface area contributed by atoms with Crippen molar-refractivity contribution in [1.29, 1.82) is 0 Å². The number of amides is 1. The lowest BCUT2D eigenvalue weighted by atomic mass is 10.0. The van der Waals surface area contributed by atoms with Gasteiger partial charge in [-0.05, 0) is 23.2 Å². The summed E-state index contributed by atoms with van der Waals surface area (Å²) in [7, 11) is 1.43. The predicted octanol–water partition coefficient (Wildman–Crippen LogP) is 0.637. The molecule has 1 aliphatic heterocycles. The van der Waals surface area contributed by atoms with E-state index in [0.717, 1.165) is 0 Å². The number of nitrogens with zero attached hydrogens (tertiary/aromatic N) is 4. The van der Waals surface area contributed by atoms with Gasteiger partial charge in [-0.15, -0.1) is 0 Å². The Hall–Kier alpha value is -2.52. The van der Waals surface area contributed by atoms with Crippen molar-refractivity contribution in [2.75, 3.05) is 46.6 Å². The van der Waals surface area contributed by atoms with Crippen molar-refractivity contribution in [1.82, 2.24) is 4.90 Å². The lowest BCUT2D eigenvalue weighted by molar-refractivity contribution is -0.137. The van der Waals surface area contributed by atoms with Crippen LogP contribution in [0.5, 0.6) is 11.5 Å². The van der Waals surface area contributed by atoms with Crippen LogP contribution in [-0.2, 0) is 9.53 Å². The number of hydrogen-bond donors (Lipinski definition) is 2. The summed E-state index contributed by atoms with van der Waals surface area (Å²) in [5, 5.41) is 23.2. The summed E-state index contributed by atoms with van der Waals surface area (Å²) < 4.78 is 16.0. The molecule has 10 nitrogen and oxygen atoms in total. The van der Waals surface area contributed by atoms with Crippen LogP contribution in [0.2, 0.25) is 0 Å². The molecule has 0 saturated carbocycles. The topological polar surface area (TPSA) is 137 Å². The molecule has 2 rings (SSSR count). The first kappa shape index (κ1) is 19.8. The molecule has 0 aliphatic carbocycles. The van der Waals surface area contributed by atoms with Gasteiger partial charge >= 0.3 is 0 Å². The van der Waals surface area contributed by atoms with Gasteiger partial charge in [-0.1, -0.05) is 11.2 Å². The van der Waals surface area contributed by atoms with Crippen molar-refractivity contribution in [3.63, 3.8) is 0 Å². The Kier molecular flexibility index (Phi) is 7.49. The molecule has 10 heteroatoms. The van der Waals surface area contributed by atoms with E-state index in [-0.39, 0.29) is 19.1 Å². The minimum atomic E-state index is -1.25. The van der Waals surface area contributed by atoms with E-state index in [0.29, 0.717) is 43.4 Å².